The Bertz CT molecular complexity index is 1290. The number of unbranched alkanes of at least 4 members (excludes halogenated alkanes) is 1. The van der Waals surface area contributed by atoms with Crippen LogP contribution in [0.15, 0.2) is 84.9 Å². The van der Waals surface area contributed by atoms with Gasteiger partial charge in [-0.15, -0.1) is 0 Å². The SMILES string of the molecule is CCCCc1ccc(-c2ccc3c(c2)C(C)(C)c2ccccc2-3)cc1-c1ccccc1C. The van der Waals surface area contributed by atoms with E-state index in [1.54, 1.807) is 0 Å². The average Bonchev–Trinajstić information content (AvgIpc) is 3.05. The number of hydrogen-bond acceptors (Lipinski definition) is 0. The summed E-state index contributed by atoms with van der Waals surface area (Å²) in [5.41, 5.74) is 13.8. The Morgan fingerprint density at radius 3 is 2.06 bits per heavy atom. The van der Waals surface area contributed by atoms with E-state index in [9.17, 15) is 0 Å². The van der Waals surface area contributed by atoms with Crippen LogP contribution in [0.3, 0.4) is 0 Å². The third kappa shape index (κ3) is 3.39. The lowest BCUT2D eigenvalue weighted by atomic mass is 9.81. The molecule has 5 rings (SSSR count). The Kier molecular flexibility index (Phi) is 5.25. The molecule has 0 fully saturated rings. The van der Waals surface area contributed by atoms with E-state index < -0.39 is 0 Å². The Morgan fingerprint density at radius 2 is 1.28 bits per heavy atom. The van der Waals surface area contributed by atoms with Crippen LogP contribution >= 0.6 is 0 Å². The molecule has 4 aromatic carbocycles. The molecule has 0 radical (unpaired) electrons. The molecule has 0 amide bonds. The minimum absolute atomic E-state index is 0.0296. The van der Waals surface area contributed by atoms with Gasteiger partial charge in [-0.2, -0.15) is 0 Å². The fourth-order valence-corrected chi connectivity index (χ4v) is 5.35. The molecule has 1 aliphatic carbocycles. The van der Waals surface area contributed by atoms with Crippen LogP contribution in [-0.4, -0.2) is 0 Å². The average molecular weight is 417 g/mol. The van der Waals surface area contributed by atoms with Gasteiger partial charge in [-0.3, -0.25) is 0 Å². The molecule has 1 aliphatic rings. The second-order valence-corrected chi connectivity index (χ2v) is 9.72. The molecule has 0 heterocycles. The van der Waals surface area contributed by atoms with Crippen LogP contribution in [0, 0.1) is 6.92 Å². The molecular formula is C32H32. The van der Waals surface area contributed by atoms with Crippen molar-refractivity contribution in [3.8, 4) is 33.4 Å². The van der Waals surface area contributed by atoms with Crippen molar-refractivity contribution in [2.24, 2.45) is 0 Å². The summed E-state index contributed by atoms with van der Waals surface area (Å²) < 4.78 is 0. The van der Waals surface area contributed by atoms with Crippen molar-refractivity contribution in [3.05, 3.63) is 107 Å². The van der Waals surface area contributed by atoms with E-state index in [1.807, 2.05) is 0 Å². The second-order valence-electron chi connectivity index (χ2n) is 9.72. The zero-order valence-corrected chi connectivity index (χ0v) is 19.7. The molecule has 0 bridgehead atoms. The van der Waals surface area contributed by atoms with Gasteiger partial charge in [0.15, 0.2) is 0 Å². The summed E-state index contributed by atoms with van der Waals surface area (Å²) in [4.78, 5) is 0. The summed E-state index contributed by atoms with van der Waals surface area (Å²) in [6.07, 6.45) is 3.58. The van der Waals surface area contributed by atoms with Crippen molar-refractivity contribution in [1.29, 1.82) is 0 Å². The van der Waals surface area contributed by atoms with Crippen LogP contribution in [0.2, 0.25) is 0 Å². The highest BCUT2D eigenvalue weighted by Gasteiger charge is 2.35. The third-order valence-corrected chi connectivity index (χ3v) is 7.26. The Labute approximate surface area is 193 Å². The molecule has 0 N–H and O–H groups in total. The van der Waals surface area contributed by atoms with E-state index in [0.717, 1.165) is 6.42 Å². The topological polar surface area (TPSA) is 0 Å². The van der Waals surface area contributed by atoms with Gasteiger partial charge in [-0.05, 0) is 87.5 Å². The van der Waals surface area contributed by atoms with Gasteiger partial charge in [-0.1, -0.05) is 100.0 Å². The van der Waals surface area contributed by atoms with Crippen LogP contribution in [0.25, 0.3) is 33.4 Å². The molecular weight excluding hydrogens is 384 g/mol. The van der Waals surface area contributed by atoms with Gasteiger partial charge in [0.25, 0.3) is 0 Å². The van der Waals surface area contributed by atoms with E-state index in [1.165, 1.54) is 68.5 Å². The molecule has 0 saturated carbocycles. The highest BCUT2D eigenvalue weighted by molar-refractivity contribution is 5.84. The first-order chi connectivity index (χ1) is 15.5. The maximum Gasteiger partial charge on any atom is 0.0159 e. The molecule has 32 heavy (non-hydrogen) atoms. The van der Waals surface area contributed by atoms with Crippen LogP contribution in [-0.2, 0) is 11.8 Å². The Morgan fingerprint density at radius 1 is 0.625 bits per heavy atom. The maximum atomic E-state index is 2.43. The van der Waals surface area contributed by atoms with Gasteiger partial charge in [0.05, 0.1) is 0 Å². The molecule has 0 aromatic heterocycles. The largest absolute Gasteiger partial charge is 0.0654 e. The standard InChI is InChI=1S/C32H32/c1-5-6-12-23-16-17-24(20-29(23)26-13-8-7-11-22(26)2)25-18-19-28-27-14-9-10-15-30(27)32(3,4)31(28)21-25/h7-11,13-21H,5-6,12H2,1-4H3. The minimum atomic E-state index is 0.0296. The first kappa shape index (κ1) is 20.8. The van der Waals surface area contributed by atoms with Gasteiger partial charge >= 0.3 is 0 Å². The molecule has 0 nitrogen and oxygen atoms in total. The molecule has 0 unspecified atom stereocenters. The quantitative estimate of drug-likeness (QED) is 0.304. The van der Waals surface area contributed by atoms with Crippen LogP contribution < -0.4 is 0 Å². The Hall–Kier alpha value is -3.12. The monoisotopic (exact) mass is 416 g/mol. The smallest absolute Gasteiger partial charge is 0.0159 e. The summed E-state index contributed by atoms with van der Waals surface area (Å²) in [5.74, 6) is 0. The summed E-state index contributed by atoms with van der Waals surface area (Å²) in [6.45, 7) is 9.20. The molecule has 0 saturated heterocycles. The summed E-state index contributed by atoms with van der Waals surface area (Å²) in [6, 6.07) is 31.8. The molecule has 0 heteroatoms. The van der Waals surface area contributed by atoms with E-state index in [2.05, 4.69) is 113 Å². The second kappa shape index (κ2) is 8.10. The van der Waals surface area contributed by atoms with Crippen molar-refractivity contribution in [3.63, 3.8) is 0 Å². The zero-order valence-electron chi connectivity index (χ0n) is 19.7. The number of benzene rings is 4. The summed E-state index contributed by atoms with van der Waals surface area (Å²) in [5, 5.41) is 0. The normalized spacial score (nSPS) is 13.6. The molecule has 0 spiro atoms. The fourth-order valence-electron chi connectivity index (χ4n) is 5.35. The first-order valence-corrected chi connectivity index (χ1v) is 11.9. The van der Waals surface area contributed by atoms with Gasteiger partial charge in [0, 0.05) is 5.41 Å². The number of aryl methyl sites for hydroxylation is 2. The van der Waals surface area contributed by atoms with Crippen LogP contribution in [0.5, 0.6) is 0 Å². The molecule has 0 atom stereocenters. The Balaban J connectivity index is 1.63. The van der Waals surface area contributed by atoms with Gasteiger partial charge in [0.2, 0.25) is 0 Å². The zero-order chi connectivity index (χ0) is 22.3. The maximum absolute atomic E-state index is 2.43. The van der Waals surface area contributed by atoms with Crippen molar-refractivity contribution in [2.45, 2.75) is 52.4 Å². The molecule has 160 valence electrons. The van der Waals surface area contributed by atoms with Crippen LogP contribution in [0.4, 0.5) is 0 Å². The predicted molar refractivity (Wildman–Crippen MR) is 138 cm³/mol. The predicted octanol–water partition coefficient (Wildman–Crippen LogP) is 8.98. The number of fused-ring (bicyclic) bond motifs is 3. The van der Waals surface area contributed by atoms with Crippen molar-refractivity contribution in [1.82, 2.24) is 0 Å². The lowest BCUT2D eigenvalue weighted by Crippen LogP contribution is -2.14. The molecule has 0 aliphatic heterocycles. The lowest BCUT2D eigenvalue weighted by molar-refractivity contribution is 0.660. The number of hydrogen-bond donors (Lipinski definition) is 0. The number of rotatable bonds is 5. The van der Waals surface area contributed by atoms with Crippen molar-refractivity contribution < 1.29 is 0 Å². The van der Waals surface area contributed by atoms with Crippen LogP contribution in [0.1, 0.15) is 55.9 Å². The summed E-state index contributed by atoms with van der Waals surface area (Å²) in [7, 11) is 0. The molecule has 4 aromatic rings. The third-order valence-electron chi connectivity index (χ3n) is 7.26. The van der Waals surface area contributed by atoms with Gasteiger partial charge in [0.1, 0.15) is 0 Å². The van der Waals surface area contributed by atoms with Gasteiger partial charge in [-0.25, -0.2) is 0 Å². The minimum Gasteiger partial charge on any atom is -0.0654 e. The van der Waals surface area contributed by atoms with E-state index in [-0.39, 0.29) is 5.41 Å². The van der Waals surface area contributed by atoms with Crippen molar-refractivity contribution >= 4 is 0 Å². The highest BCUT2D eigenvalue weighted by Crippen LogP contribution is 2.49. The highest BCUT2D eigenvalue weighted by atomic mass is 14.4. The lowest BCUT2D eigenvalue weighted by Gasteiger charge is -2.22. The van der Waals surface area contributed by atoms with Crippen molar-refractivity contribution in [2.75, 3.05) is 0 Å². The fraction of sp³-hybridized carbons (Fsp3) is 0.250. The van der Waals surface area contributed by atoms with Gasteiger partial charge < -0.3 is 0 Å². The first-order valence-electron chi connectivity index (χ1n) is 11.9. The van der Waals surface area contributed by atoms with E-state index >= 15 is 0 Å². The van der Waals surface area contributed by atoms with E-state index in [4.69, 9.17) is 0 Å². The summed E-state index contributed by atoms with van der Waals surface area (Å²) >= 11 is 0. The van der Waals surface area contributed by atoms with E-state index in [0.29, 0.717) is 0 Å².